The summed E-state index contributed by atoms with van der Waals surface area (Å²) >= 11 is 0. The molecule has 1 fully saturated rings. The Morgan fingerprint density at radius 3 is 3.23 bits per heavy atom. The molecule has 1 aliphatic rings. The highest BCUT2D eigenvalue weighted by Crippen LogP contribution is 2.27. The van der Waals surface area contributed by atoms with E-state index >= 15 is 0 Å². The number of fused-ring (bicyclic) bond motifs is 1. The number of carbonyl (C=O) groups excluding carboxylic acids is 1. The maximum Gasteiger partial charge on any atom is 0.236 e. The Morgan fingerprint density at radius 2 is 2.45 bits per heavy atom. The molecule has 2 aromatic rings. The molecule has 114 valence electrons. The molecule has 3 rings (SSSR count). The van der Waals surface area contributed by atoms with E-state index in [-0.39, 0.29) is 18.4 Å². The highest BCUT2D eigenvalue weighted by Gasteiger charge is 2.31. The average molecular weight is 298 g/mol. The molecule has 3 heterocycles. The van der Waals surface area contributed by atoms with Crippen LogP contribution in [-0.2, 0) is 4.79 Å². The molecule has 7 heteroatoms. The second-order valence-corrected chi connectivity index (χ2v) is 5.34. The second-order valence-electron chi connectivity index (χ2n) is 5.34. The van der Waals surface area contributed by atoms with Crippen molar-refractivity contribution >= 4 is 22.8 Å². The molecule has 7 nitrogen and oxygen atoms in total. The molecular weight excluding hydrogens is 280 g/mol. The predicted molar refractivity (Wildman–Crippen MR) is 82.1 cm³/mol. The van der Waals surface area contributed by atoms with Crippen LogP contribution >= 0.6 is 0 Å². The number of hydrogen-bond donors (Lipinski definition) is 1. The third kappa shape index (κ3) is 2.48. The minimum atomic E-state index is -0.0875. The first-order chi connectivity index (χ1) is 10.7. The Bertz CT molecular complexity index is 718. The standard InChI is InChI=1S/C15H18N6O/c1-2-21(11-5-8-20(9-11)13(22)3-6-16)15-12-4-7-17-14(12)18-10-19-15/h4,7,10-11H,2-3,5,8-9H2,1H3,(H,17,18,19)/t11-/m1/s1. The summed E-state index contributed by atoms with van der Waals surface area (Å²) < 4.78 is 0. The van der Waals surface area contributed by atoms with E-state index in [9.17, 15) is 4.79 Å². The van der Waals surface area contributed by atoms with E-state index in [1.165, 1.54) is 0 Å². The van der Waals surface area contributed by atoms with Crippen LogP contribution in [0.15, 0.2) is 18.6 Å². The summed E-state index contributed by atoms with van der Waals surface area (Å²) in [5.41, 5.74) is 0.818. The van der Waals surface area contributed by atoms with Gasteiger partial charge in [0, 0.05) is 31.9 Å². The molecule has 1 N–H and O–H groups in total. The number of likely N-dealkylation sites (N-methyl/N-ethyl adjacent to an activating group) is 1. The summed E-state index contributed by atoms with van der Waals surface area (Å²) in [6.07, 6.45) is 4.26. The van der Waals surface area contributed by atoms with Gasteiger partial charge in [-0.15, -0.1) is 0 Å². The largest absolute Gasteiger partial charge is 0.351 e. The zero-order chi connectivity index (χ0) is 15.5. The van der Waals surface area contributed by atoms with Crippen molar-refractivity contribution in [1.29, 1.82) is 5.26 Å². The molecule has 0 aromatic carbocycles. The van der Waals surface area contributed by atoms with E-state index < -0.39 is 0 Å². The number of hydrogen-bond acceptors (Lipinski definition) is 5. The monoisotopic (exact) mass is 298 g/mol. The van der Waals surface area contributed by atoms with Gasteiger partial charge in [-0.25, -0.2) is 9.97 Å². The van der Waals surface area contributed by atoms with Crippen molar-refractivity contribution in [3.63, 3.8) is 0 Å². The molecule has 0 radical (unpaired) electrons. The van der Waals surface area contributed by atoms with Crippen molar-refractivity contribution < 1.29 is 4.79 Å². The van der Waals surface area contributed by atoms with Crippen molar-refractivity contribution in [3.05, 3.63) is 18.6 Å². The normalized spacial score (nSPS) is 17.6. The summed E-state index contributed by atoms with van der Waals surface area (Å²) in [7, 11) is 0. The Hall–Kier alpha value is -2.62. The number of nitrogens with one attached hydrogen (secondary N) is 1. The summed E-state index contributed by atoms with van der Waals surface area (Å²) in [4.78, 5) is 27.6. The van der Waals surface area contributed by atoms with E-state index in [0.29, 0.717) is 13.1 Å². The van der Waals surface area contributed by atoms with Gasteiger partial charge < -0.3 is 14.8 Å². The highest BCUT2D eigenvalue weighted by atomic mass is 16.2. The van der Waals surface area contributed by atoms with Crippen LogP contribution in [0.3, 0.4) is 0 Å². The molecule has 1 aliphatic heterocycles. The fourth-order valence-corrected chi connectivity index (χ4v) is 3.07. The maximum atomic E-state index is 11.9. The molecule has 1 saturated heterocycles. The molecule has 0 bridgehead atoms. The molecule has 1 amide bonds. The van der Waals surface area contributed by atoms with Crippen molar-refractivity contribution in [1.82, 2.24) is 19.9 Å². The first-order valence-corrected chi connectivity index (χ1v) is 7.44. The summed E-state index contributed by atoms with van der Waals surface area (Å²) in [6, 6.07) is 4.12. The first-order valence-electron chi connectivity index (χ1n) is 7.44. The molecule has 1 atom stereocenters. The van der Waals surface area contributed by atoms with E-state index in [0.717, 1.165) is 29.8 Å². The molecular formula is C15H18N6O. The quantitative estimate of drug-likeness (QED) is 0.919. The lowest BCUT2D eigenvalue weighted by molar-refractivity contribution is -0.129. The minimum Gasteiger partial charge on any atom is -0.351 e. The van der Waals surface area contributed by atoms with Crippen LogP contribution in [0.25, 0.3) is 11.0 Å². The third-order valence-corrected chi connectivity index (χ3v) is 4.13. The van der Waals surface area contributed by atoms with Crippen LogP contribution in [0.1, 0.15) is 19.8 Å². The van der Waals surface area contributed by atoms with E-state index in [4.69, 9.17) is 5.26 Å². The van der Waals surface area contributed by atoms with Gasteiger partial charge in [0.2, 0.25) is 5.91 Å². The Labute approximate surface area is 128 Å². The Kier molecular flexibility index (Phi) is 3.92. The van der Waals surface area contributed by atoms with Gasteiger partial charge in [0.15, 0.2) is 0 Å². The van der Waals surface area contributed by atoms with Crippen LogP contribution < -0.4 is 4.90 Å². The van der Waals surface area contributed by atoms with Crippen molar-refractivity contribution in [3.8, 4) is 6.07 Å². The van der Waals surface area contributed by atoms with Gasteiger partial charge >= 0.3 is 0 Å². The number of likely N-dealkylation sites (tertiary alicyclic amines) is 1. The molecule has 0 aliphatic carbocycles. The van der Waals surface area contributed by atoms with E-state index in [1.807, 2.05) is 18.3 Å². The second kappa shape index (κ2) is 6.02. The predicted octanol–water partition coefficient (Wildman–Crippen LogP) is 1.30. The number of aromatic nitrogens is 3. The van der Waals surface area contributed by atoms with Crippen molar-refractivity contribution in [2.75, 3.05) is 24.5 Å². The lowest BCUT2D eigenvalue weighted by Gasteiger charge is -2.29. The number of nitriles is 1. The topological polar surface area (TPSA) is 88.9 Å². The Balaban J connectivity index is 1.82. The molecule has 22 heavy (non-hydrogen) atoms. The smallest absolute Gasteiger partial charge is 0.236 e. The molecule has 0 saturated carbocycles. The number of amides is 1. The van der Waals surface area contributed by atoms with Gasteiger partial charge in [-0.1, -0.05) is 0 Å². The SMILES string of the molecule is CCN(c1ncnc2[nH]ccc12)[C@@H]1CCN(C(=O)CC#N)C1. The summed E-state index contributed by atoms with van der Waals surface area (Å²) in [6.45, 7) is 4.23. The van der Waals surface area contributed by atoms with Crippen LogP contribution in [0.2, 0.25) is 0 Å². The number of H-pyrrole nitrogens is 1. The zero-order valence-electron chi connectivity index (χ0n) is 12.5. The number of carbonyl (C=O) groups is 1. The highest BCUT2D eigenvalue weighted by molar-refractivity contribution is 5.87. The van der Waals surface area contributed by atoms with E-state index in [1.54, 1.807) is 11.2 Å². The summed E-state index contributed by atoms with van der Waals surface area (Å²) in [5, 5.41) is 9.65. The fraction of sp³-hybridized carbons (Fsp3) is 0.467. The van der Waals surface area contributed by atoms with E-state index in [2.05, 4.69) is 26.8 Å². The van der Waals surface area contributed by atoms with Crippen molar-refractivity contribution in [2.45, 2.75) is 25.8 Å². The number of anilines is 1. The summed E-state index contributed by atoms with van der Waals surface area (Å²) in [5.74, 6) is 0.809. The van der Waals surface area contributed by atoms with Crippen LogP contribution in [0.4, 0.5) is 5.82 Å². The number of aromatic amines is 1. The van der Waals surface area contributed by atoms with Gasteiger partial charge in [0.25, 0.3) is 0 Å². The molecule has 0 spiro atoms. The lowest BCUT2D eigenvalue weighted by atomic mass is 10.2. The fourth-order valence-electron chi connectivity index (χ4n) is 3.07. The van der Waals surface area contributed by atoms with Gasteiger partial charge in [0.1, 0.15) is 24.2 Å². The average Bonchev–Trinajstić information content (AvgIpc) is 3.17. The number of nitrogens with zero attached hydrogens (tertiary/aromatic N) is 5. The molecule has 2 aromatic heterocycles. The minimum absolute atomic E-state index is 0.0472. The van der Waals surface area contributed by atoms with Crippen LogP contribution in [0.5, 0.6) is 0 Å². The van der Waals surface area contributed by atoms with Gasteiger partial charge in [0.05, 0.1) is 11.5 Å². The zero-order valence-corrected chi connectivity index (χ0v) is 12.5. The molecule has 0 unspecified atom stereocenters. The van der Waals surface area contributed by atoms with Crippen LogP contribution in [-0.4, -0.2) is 51.4 Å². The lowest BCUT2D eigenvalue weighted by Crippen LogP contribution is -2.39. The van der Waals surface area contributed by atoms with Crippen molar-refractivity contribution in [2.24, 2.45) is 0 Å². The van der Waals surface area contributed by atoms with Crippen LogP contribution in [0, 0.1) is 11.3 Å². The van der Waals surface area contributed by atoms with Gasteiger partial charge in [-0.2, -0.15) is 5.26 Å². The van der Waals surface area contributed by atoms with Gasteiger partial charge in [-0.05, 0) is 19.4 Å². The maximum absolute atomic E-state index is 11.9. The number of rotatable bonds is 4. The Morgan fingerprint density at radius 1 is 1.59 bits per heavy atom. The first kappa shape index (κ1) is 14.3. The third-order valence-electron chi connectivity index (χ3n) is 4.13. The van der Waals surface area contributed by atoms with Gasteiger partial charge in [-0.3, -0.25) is 4.79 Å².